The van der Waals surface area contributed by atoms with Gasteiger partial charge in [0.1, 0.15) is 5.57 Å². The molecule has 0 aromatic rings. The third-order valence-corrected chi connectivity index (χ3v) is 9.34. The van der Waals surface area contributed by atoms with E-state index in [1.54, 1.807) is 0 Å². The molecule has 0 aliphatic rings. The fourth-order valence-corrected chi connectivity index (χ4v) is 6.39. The molecule has 0 fully saturated rings. The Morgan fingerprint density at radius 1 is 0.333 bits per heavy atom. The van der Waals surface area contributed by atoms with Crippen molar-refractivity contribution in [2.45, 2.75) is 226 Å². The zero-order chi connectivity index (χ0) is 33.2. The molecule has 5 nitrogen and oxygen atoms in total. The van der Waals surface area contributed by atoms with Crippen molar-refractivity contribution in [2.24, 2.45) is 0 Å². The first kappa shape index (κ1) is 43.4. The molecule has 0 saturated carbocycles. The molecule has 0 aliphatic heterocycles. The number of unbranched alkanes of at least 4 members (excludes halogenated alkanes) is 29. The molecule has 0 unspecified atom stereocenters. The summed E-state index contributed by atoms with van der Waals surface area (Å²) in [6.07, 6.45) is 38.3. The zero-order valence-electron chi connectivity index (χ0n) is 30.0. The van der Waals surface area contributed by atoms with Gasteiger partial charge < -0.3 is 10.2 Å². The molecule has 5 heteroatoms. The van der Waals surface area contributed by atoms with Gasteiger partial charge in [-0.1, -0.05) is 200 Å². The number of carboxylic acid groups (broad SMARTS) is 2. The number of Topliss-reactive ketones (excluding diaryl/α,β-unsaturated/α-hetero) is 1. The smallest absolute Gasteiger partial charge is 0.339 e. The minimum Gasteiger partial charge on any atom is -0.478 e. The van der Waals surface area contributed by atoms with Gasteiger partial charge in [0.25, 0.3) is 0 Å². The third kappa shape index (κ3) is 28.3. The minimum atomic E-state index is -1.39. The van der Waals surface area contributed by atoms with Gasteiger partial charge in [0, 0.05) is 6.42 Å². The van der Waals surface area contributed by atoms with Crippen molar-refractivity contribution in [3.63, 3.8) is 0 Å². The first-order chi connectivity index (χ1) is 22.0. The van der Waals surface area contributed by atoms with Crippen LogP contribution >= 0.6 is 0 Å². The van der Waals surface area contributed by atoms with Crippen molar-refractivity contribution < 1.29 is 24.6 Å². The first-order valence-electron chi connectivity index (χ1n) is 19.7. The highest BCUT2D eigenvalue weighted by Crippen LogP contribution is 2.20. The van der Waals surface area contributed by atoms with Gasteiger partial charge in [0.15, 0.2) is 5.78 Å². The Kier molecular flexibility index (Phi) is 32.5. The highest BCUT2D eigenvalue weighted by atomic mass is 16.4. The van der Waals surface area contributed by atoms with Crippen molar-refractivity contribution in [3.05, 3.63) is 11.1 Å². The van der Waals surface area contributed by atoms with Crippen LogP contribution in [-0.2, 0) is 14.4 Å². The van der Waals surface area contributed by atoms with Crippen LogP contribution in [-0.4, -0.2) is 27.9 Å². The van der Waals surface area contributed by atoms with Crippen LogP contribution in [0.1, 0.15) is 226 Å². The van der Waals surface area contributed by atoms with Gasteiger partial charge in [-0.25, -0.2) is 9.59 Å². The second-order valence-corrected chi connectivity index (χ2v) is 13.6. The van der Waals surface area contributed by atoms with Crippen molar-refractivity contribution in [2.75, 3.05) is 0 Å². The van der Waals surface area contributed by atoms with Gasteiger partial charge in [-0.3, -0.25) is 4.79 Å². The molecule has 0 radical (unpaired) electrons. The van der Waals surface area contributed by atoms with E-state index in [1.165, 1.54) is 148 Å². The molecule has 0 saturated heterocycles. The summed E-state index contributed by atoms with van der Waals surface area (Å²) in [6.45, 7) is 4.52. The van der Waals surface area contributed by atoms with Gasteiger partial charge in [-0.05, 0) is 19.3 Å². The summed E-state index contributed by atoms with van der Waals surface area (Å²) in [6, 6.07) is 0. The van der Waals surface area contributed by atoms with E-state index in [9.17, 15) is 24.6 Å². The van der Waals surface area contributed by atoms with Crippen LogP contribution in [0.15, 0.2) is 11.1 Å². The summed E-state index contributed by atoms with van der Waals surface area (Å²) >= 11 is 0. The lowest BCUT2D eigenvalue weighted by atomic mass is 9.95. The Bertz CT molecular complexity index is 741. The highest BCUT2D eigenvalue weighted by Gasteiger charge is 2.25. The number of rotatable bonds is 36. The highest BCUT2D eigenvalue weighted by molar-refractivity contribution is 6.20. The molecule has 0 amide bonds. The normalized spacial score (nSPS) is 12.0. The first-order valence-corrected chi connectivity index (χ1v) is 19.7. The van der Waals surface area contributed by atoms with Gasteiger partial charge in [0.2, 0.25) is 0 Å². The maximum Gasteiger partial charge on any atom is 0.339 e. The number of ketones is 1. The Morgan fingerprint density at radius 2 is 0.578 bits per heavy atom. The average molecular weight is 635 g/mol. The van der Waals surface area contributed by atoms with Crippen molar-refractivity contribution in [1.82, 2.24) is 0 Å². The molecule has 0 heterocycles. The van der Waals surface area contributed by atoms with Crippen molar-refractivity contribution >= 4 is 17.7 Å². The summed E-state index contributed by atoms with van der Waals surface area (Å²) in [4.78, 5) is 36.5. The minimum absolute atomic E-state index is 0.121. The van der Waals surface area contributed by atoms with Crippen LogP contribution in [0, 0.1) is 0 Å². The largest absolute Gasteiger partial charge is 0.478 e. The van der Waals surface area contributed by atoms with Gasteiger partial charge >= 0.3 is 11.9 Å². The summed E-state index contributed by atoms with van der Waals surface area (Å²) in [5.41, 5.74) is -0.701. The van der Waals surface area contributed by atoms with E-state index < -0.39 is 23.3 Å². The quantitative estimate of drug-likeness (QED) is 0.0309. The molecule has 264 valence electrons. The summed E-state index contributed by atoms with van der Waals surface area (Å²) in [7, 11) is 0. The Balaban J connectivity index is 3.99. The molecule has 2 N–H and O–H groups in total. The maximum absolute atomic E-state index is 12.7. The van der Waals surface area contributed by atoms with E-state index in [1.807, 2.05) is 0 Å². The van der Waals surface area contributed by atoms with Gasteiger partial charge in [-0.2, -0.15) is 0 Å². The van der Waals surface area contributed by atoms with Crippen molar-refractivity contribution in [1.29, 1.82) is 0 Å². The fraction of sp³-hybridized carbons (Fsp3) is 0.875. The molecular formula is C40H74O5. The summed E-state index contributed by atoms with van der Waals surface area (Å²) in [5, 5.41) is 19.4. The fourth-order valence-electron chi connectivity index (χ4n) is 6.39. The molecule has 45 heavy (non-hydrogen) atoms. The van der Waals surface area contributed by atoms with E-state index in [-0.39, 0.29) is 18.4 Å². The summed E-state index contributed by atoms with van der Waals surface area (Å²) < 4.78 is 0. The number of aliphatic carboxylic acids is 2. The molecule has 0 rings (SSSR count). The van der Waals surface area contributed by atoms with E-state index in [0.717, 1.165) is 38.5 Å². The second-order valence-electron chi connectivity index (χ2n) is 13.6. The lowest BCUT2D eigenvalue weighted by Crippen LogP contribution is -2.19. The molecule has 0 atom stereocenters. The van der Waals surface area contributed by atoms with E-state index in [0.29, 0.717) is 12.8 Å². The maximum atomic E-state index is 12.7. The summed E-state index contributed by atoms with van der Waals surface area (Å²) in [5.74, 6) is -3.18. The van der Waals surface area contributed by atoms with E-state index >= 15 is 0 Å². The number of hydrogen-bond acceptors (Lipinski definition) is 3. The third-order valence-electron chi connectivity index (χ3n) is 9.34. The molecule has 0 aromatic heterocycles. The lowest BCUT2D eigenvalue weighted by molar-refractivity contribution is -0.137. The number of carbonyl (C=O) groups excluding carboxylic acids is 1. The SMILES string of the molecule is CCCCCCCCCCCCCCCCCC/C(C(=O)O)=C(\C(=O)O)C(=O)CCCCCCCCCCCCCCCCC. The monoisotopic (exact) mass is 635 g/mol. The molecule has 0 bridgehead atoms. The average Bonchev–Trinajstić information content (AvgIpc) is 3.01. The predicted molar refractivity (Wildman–Crippen MR) is 191 cm³/mol. The van der Waals surface area contributed by atoms with Gasteiger partial charge in [-0.15, -0.1) is 0 Å². The topological polar surface area (TPSA) is 91.7 Å². The van der Waals surface area contributed by atoms with Gasteiger partial charge in [0.05, 0.1) is 5.57 Å². The van der Waals surface area contributed by atoms with Crippen LogP contribution in [0.25, 0.3) is 0 Å². The van der Waals surface area contributed by atoms with Crippen LogP contribution in [0.3, 0.4) is 0 Å². The van der Waals surface area contributed by atoms with E-state index in [2.05, 4.69) is 13.8 Å². The van der Waals surface area contributed by atoms with Crippen LogP contribution in [0.5, 0.6) is 0 Å². The van der Waals surface area contributed by atoms with Crippen LogP contribution in [0.4, 0.5) is 0 Å². The zero-order valence-corrected chi connectivity index (χ0v) is 30.0. The standard InChI is InChI=1S/C40H74O5/c1-3-5-7-9-11-13-15-17-19-21-22-24-26-28-30-32-34-36(39(42)43)38(40(44)45)37(41)35-33-31-29-27-25-23-20-18-16-14-12-10-8-6-4-2/h3-35H2,1-2H3,(H,42,43)(H,44,45)/b38-36+. The van der Waals surface area contributed by atoms with Crippen LogP contribution < -0.4 is 0 Å². The predicted octanol–water partition coefficient (Wildman–Crippen LogP) is 12.9. The Morgan fingerprint density at radius 3 is 0.822 bits per heavy atom. The number of carbonyl (C=O) groups is 3. The lowest BCUT2D eigenvalue weighted by Gasteiger charge is -2.09. The molecule has 0 aromatic carbocycles. The Labute approximate surface area is 278 Å². The molecule has 0 aliphatic carbocycles. The molecular weight excluding hydrogens is 560 g/mol. The van der Waals surface area contributed by atoms with E-state index in [4.69, 9.17) is 0 Å². The molecule has 0 spiro atoms. The van der Waals surface area contributed by atoms with Crippen LogP contribution in [0.2, 0.25) is 0 Å². The number of hydrogen-bond donors (Lipinski definition) is 2. The number of carboxylic acids is 2. The second kappa shape index (κ2) is 33.7. The van der Waals surface area contributed by atoms with Crippen molar-refractivity contribution in [3.8, 4) is 0 Å². The Hall–Kier alpha value is -1.65.